The molecule has 0 fully saturated rings. The van der Waals surface area contributed by atoms with Crippen molar-refractivity contribution in [2.24, 2.45) is 10.6 Å². The second kappa shape index (κ2) is 6.30. The quantitative estimate of drug-likeness (QED) is 0.785. The van der Waals surface area contributed by atoms with E-state index < -0.39 is 5.97 Å². The molecule has 3 nitrogen and oxygen atoms in total. The Hall–Kier alpha value is -1.30. The first-order valence-corrected chi connectivity index (χ1v) is 9.57. The van der Waals surface area contributed by atoms with Gasteiger partial charge in [-0.25, -0.2) is 4.79 Å². The Bertz CT molecular complexity index is 749. The van der Waals surface area contributed by atoms with E-state index in [4.69, 9.17) is 5.14 Å². The minimum Gasteiger partial charge on any atom is -0.478 e. The predicted octanol–water partition coefficient (Wildman–Crippen LogP) is 4.74. The number of carbonyl (C=O) groups is 1. The van der Waals surface area contributed by atoms with E-state index in [1.807, 2.05) is 24.3 Å². The summed E-state index contributed by atoms with van der Waals surface area (Å²) in [4.78, 5) is 14.1. The van der Waals surface area contributed by atoms with E-state index in [0.717, 1.165) is 40.8 Å². The zero-order valence-corrected chi connectivity index (χ0v) is 15.0. The smallest absolute Gasteiger partial charge is 0.337 e. The van der Waals surface area contributed by atoms with E-state index in [-0.39, 0.29) is 5.41 Å². The predicted molar refractivity (Wildman–Crippen MR) is 98.0 cm³/mol. The minimum absolute atomic E-state index is 0.169. The molecule has 122 valence electrons. The topological polar surface area (TPSA) is 63.3 Å². The van der Waals surface area contributed by atoms with Gasteiger partial charge in [0.2, 0.25) is 0 Å². The summed E-state index contributed by atoms with van der Waals surface area (Å²) in [5, 5.41) is 15.5. The summed E-state index contributed by atoms with van der Waals surface area (Å²) in [5.74, 6) is -0.131. The van der Waals surface area contributed by atoms with Crippen LogP contribution >= 0.6 is 23.3 Å². The number of rotatable bonds is 4. The van der Waals surface area contributed by atoms with Crippen LogP contribution in [0, 0.1) is 5.41 Å². The lowest BCUT2D eigenvalue weighted by Gasteiger charge is -2.29. The fraction of sp³-hybridized carbons (Fsp3) is 0.389. The molecule has 3 rings (SSSR count). The van der Waals surface area contributed by atoms with E-state index in [9.17, 15) is 9.90 Å². The van der Waals surface area contributed by atoms with Crippen molar-refractivity contribution >= 4 is 29.3 Å². The second-order valence-corrected chi connectivity index (χ2v) is 8.55. The number of carboxylic acid groups (broad SMARTS) is 1. The summed E-state index contributed by atoms with van der Waals surface area (Å²) in [7, 11) is 0. The van der Waals surface area contributed by atoms with E-state index in [0.29, 0.717) is 11.3 Å². The molecule has 1 aromatic heterocycles. The van der Waals surface area contributed by atoms with Gasteiger partial charge in [0.25, 0.3) is 0 Å². The minimum atomic E-state index is -0.814. The van der Waals surface area contributed by atoms with Crippen LogP contribution < -0.4 is 5.14 Å². The van der Waals surface area contributed by atoms with Crippen LogP contribution in [0.2, 0.25) is 0 Å². The SMILES string of the molecule is CC1(C)CCc2sc(-c3ccccc3CSN)c(C(=O)O)c2C1. The van der Waals surface area contributed by atoms with Gasteiger partial charge in [0, 0.05) is 15.5 Å². The monoisotopic (exact) mass is 347 g/mol. The van der Waals surface area contributed by atoms with Crippen LogP contribution in [-0.4, -0.2) is 11.1 Å². The maximum Gasteiger partial charge on any atom is 0.337 e. The molecule has 0 saturated carbocycles. The molecule has 0 bridgehead atoms. The number of aromatic carboxylic acids is 1. The Kier molecular flexibility index (Phi) is 4.54. The van der Waals surface area contributed by atoms with Gasteiger partial charge in [0.05, 0.1) is 5.56 Å². The molecule has 1 heterocycles. The van der Waals surface area contributed by atoms with Gasteiger partial charge < -0.3 is 5.11 Å². The van der Waals surface area contributed by atoms with Gasteiger partial charge in [-0.05, 0) is 41.4 Å². The Morgan fingerprint density at radius 3 is 2.83 bits per heavy atom. The number of hydrogen-bond donors (Lipinski definition) is 2. The highest BCUT2D eigenvalue weighted by Crippen LogP contribution is 2.45. The highest BCUT2D eigenvalue weighted by molar-refractivity contribution is 7.96. The molecule has 0 atom stereocenters. The average molecular weight is 348 g/mol. The largest absolute Gasteiger partial charge is 0.478 e. The third-order valence-electron chi connectivity index (χ3n) is 4.49. The summed E-state index contributed by atoms with van der Waals surface area (Å²) >= 11 is 2.92. The summed E-state index contributed by atoms with van der Waals surface area (Å²) < 4.78 is 0. The maximum absolute atomic E-state index is 12.0. The number of carboxylic acids is 1. The van der Waals surface area contributed by atoms with Gasteiger partial charge in [-0.1, -0.05) is 50.1 Å². The Morgan fingerprint density at radius 1 is 1.39 bits per heavy atom. The Morgan fingerprint density at radius 2 is 2.13 bits per heavy atom. The van der Waals surface area contributed by atoms with Crippen molar-refractivity contribution in [1.82, 2.24) is 0 Å². The first kappa shape index (κ1) is 16.6. The molecule has 0 unspecified atom stereocenters. The average Bonchev–Trinajstić information content (AvgIpc) is 2.85. The fourth-order valence-corrected chi connectivity index (χ4v) is 5.09. The van der Waals surface area contributed by atoms with Crippen molar-refractivity contribution in [3.63, 3.8) is 0 Å². The third-order valence-corrected chi connectivity index (χ3v) is 6.29. The van der Waals surface area contributed by atoms with Crippen LogP contribution in [0.15, 0.2) is 24.3 Å². The maximum atomic E-state index is 12.0. The van der Waals surface area contributed by atoms with Gasteiger partial charge in [-0.3, -0.25) is 5.14 Å². The van der Waals surface area contributed by atoms with Gasteiger partial charge in [0.15, 0.2) is 0 Å². The molecule has 0 radical (unpaired) electrons. The van der Waals surface area contributed by atoms with Crippen LogP contribution in [0.25, 0.3) is 10.4 Å². The first-order valence-electron chi connectivity index (χ1n) is 7.71. The third kappa shape index (κ3) is 3.18. The summed E-state index contributed by atoms with van der Waals surface area (Å²) in [6.07, 6.45) is 2.93. The lowest BCUT2D eigenvalue weighted by Crippen LogP contribution is -2.22. The standard InChI is InChI=1S/C18H21NO2S2/c1-18(2)8-7-14-13(9-18)15(17(20)21)16(23-14)12-6-4-3-5-11(12)10-22-19/h3-6H,7-10,19H2,1-2H3,(H,20,21). The van der Waals surface area contributed by atoms with E-state index in [2.05, 4.69) is 13.8 Å². The fourth-order valence-electron chi connectivity index (χ4n) is 3.29. The highest BCUT2D eigenvalue weighted by Gasteiger charge is 2.33. The zero-order valence-electron chi connectivity index (χ0n) is 13.4. The van der Waals surface area contributed by atoms with Crippen LogP contribution in [0.4, 0.5) is 0 Å². The summed E-state index contributed by atoms with van der Waals surface area (Å²) in [6.45, 7) is 4.44. The second-order valence-electron chi connectivity index (χ2n) is 6.82. The van der Waals surface area contributed by atoms with Crippen molar-refractivity contribution in [2.75, 3.05) is 0 Å². The molecular weight excluding hydrogens is 326 g/mol. The van der Waals surface area contributed by atoms with Crippen molar-refractivity contribution < 1.29 is 9.90 Å². The normalized spacial score (nSPS) is 16.1. The molecular formula is C18H21NO2S2. The van der Waals surface area contributed by atoms with Crippen molar-refractivity contribution in [3.05, 3.63) is 45.8 Å². The van der Waals surface area contributed by atoms with E-state index in [1.165, 1.54) is 16.8 Å². The van der Waals surface area contributed by atoms with Crippen LogP contribution in [0.3, 0.4) is 0 Å². The molecule has 2 aromatic rings. The van der Waals surface area contributed by atoms with Crippen LogP contribution in [0.1, 0.15) is 46.6 Å². The molecule has 3 N–H and O–H groups in total. The van der Waals surface area contributed by atoms with Crippen molar-refractivity contribution in [1.29, 1.82) is 0 Å². The zero-order chi connectivity index (χ0) is 16.6. The first-order chi connectivity index (χ1) is 10.9. The molecule has 1 aliphatic rings. The molecule has 23 heavy (non-hydrogen) atoms. The summed E-state index contributed by atoms with van der Waals surface area (Å²) in [6, 6.07) is 7.99. The molecule has 0 spiro atoms. The van der Waals surface area contributed by atoms with Crippen molar-refractivity contribution in [2.45, 2.75) is 38.9 Å². The van der Waals surface area contributed by atoms with Crippen LogP contribution in [0.5, 0.6) is 0 Å². The lowest BCUT2D eigenvalue weighted by molar-refractivity contribution is 0.0696. The van der Waals surface area contributed by atoms with E-state index in [1.54, 1.807) is 11.3 Å². The van der Waals surface area contributed by atoms with Gasteiger partial charge in [-0.15, -0.1) is 11.3 Å². The Labute approximate surface area is 145 Å². The summed E-state index contributed by atoms with van der Waals surface area (Å²) in [5.41, 5.74) is 3.83. The Balaban J connectivity index is 2.18. The molecule has 0 amide bonds. The van der Waals surface area contributed by atoms with Gasteiger partial charge in [-0.2, -0.15) is 0 Å². The number of aryl methyl sites for hydroxylation is 1. The molecule has 0 aliphatic heterocycles. The molecule has 5 heteroatoms. The van der Waals surface area contributed by atoms with Crippen molar-refractivity contribution in [3.8, 4) is 10.4 Å². The lowest BCUT2D eigenvalue weighted by atomic mass is 9.76. The molecule has 1 aliphatic carbocycles. The molecule has 1 aromatic carbocycles. The number of nitrogens with two attached hydrogens (primary N) is 1. The number of thiophene rings is 1. The highest BCUT2D eigenvalue weighted by atomic mass is 32.2. The van der Waals surface area contributed by atoms with Gasteiger partial charge >= 0.3 is 5.97 Å². The molecule has 0 saturated heterocycles. The van der Waals surface area contributed by atoms with Crippen LogP contribution in [-0.2, 0) is 18.6 Å². The van der Waals surface area contributed by atoms with Gasteiger partial charge in [0.1, 0.15) is 0 Å². The number of fused-ring (bicyclic) bond motifs is 1. The number of hydrogen-bond acceptors (Lipinski definition) is 4. The van der Waals surface area contributed by atoms with E-state index >= 15 is 0 Å². The number of benzene rings is 1.